The van der Waals surface area contributed by atoms with Crippen LogP contribution in [0.4, 0.5) is 5.69 Å². The fourth-order valence-corrected chi connectivity index (χ4v) is 3.80. The van der Waals surface area contributed by atoms with Crippen LogP contribution in [-0.4, -0.2) is 11.0 Å². The molecule has 0 radical (unpaired) electrons. The maximum Gasteiger partial charge on any atom is 0.263 e. The van der Waals surface area contributed by atoms with Crippen molar-refractivity contribution in [1.29, 1.82) is 0 Å². The van der Waals surface area contributed by atoms with Crippen LogP contribution in [0.1, 0.15) is 18.1 Å². The molecule has 1 atom stereocenters. The largest absolute Gasteiger partial charge is 0.489 e. The summed E-state index contributed by atoms with van der Waals surface area (Å²) in [5.41, 5.74) is 1.64. The first-order valence-electron chi connectivity index (χ1n) is 9.17. The molecular weight excluding hydrogens is 404 g/mol. The van der Waals surface area contributed by atoms with Gasteiger partial charge in [0.25, 0.3) is 5.91 Å². The van der Waals surface area contributed by atoms with Crippen LogP contribution in [0.5, 0.6) is 5.75 Å². The molecule has 6 heteroatoms. The summed E-state index contributed by atoms with van der Waals surface area (Å²) in [6.07, 6.45) is 0. The van der Waals surface area contributed by atoms with Crippen LogP contribution in [0.3, 0.4) is 0 Å². The number of amides is 1. The van der Waals surface area contributed by atoms with Gasteiger partial charge in [0.15, 0.2) is 5.11 Å². The van der Waals surface area contributed by atoms with Gasteiger partial charge in [-0.2, -0.15) is 0 Å². The number of carbonyl (C=O) groups excluding carboxylic acids is 1. The molecule has 1 heterocycles. The van der Waals surface area contributed by atoms with Crippen molar-refractivity contribution in [2.45, 2.75) is 19.1 Å². The Bertz CT molecular complexity index is 1040. The molecule has 0 bridgehead atoms. The van der Waals surface area contributed by atoms with Gasteiger partial charge in [0.05, 0.1) is 5.69 Å². The first kappa shape index (κ1) is 19.4. The normalized spacial score (nSPS) is 18.6. The SMILES string of the molecule is CC1(c2ccc(OCc3ccccc3)cc2)NC(=S)N(c2ccc(Cl)cc2)C1=O. The van der Waals surface area contributed by atoms with E-state index in [1.165, 1.54) is 4.90 Å². The minimum atomic E-state index is -0.950. The van der Waals surface area contributed by atoms with Crippen LogP contribution >= 0.6 is 23.8 Å². The number of ether oxygens (including phenoxy) is 1. The summed E-state index contributed by atoms with van der Waals surface area (Å²) in [5.74, 6) is 0.603. The van der Waals surface area contributed by atoms with Crippen LogP contribution in [-0.2, 0) is 16.9 Å². The van der Waals surface area contributed by atoms with Gasteiger partial charge < -0.3 is 10.1 Å². The zero-order chi connectivity index (χ0) is 20.4. The molecule has 1 unspecified atom stereocenters. The number of rotatable bonds is 5. The highest BCUT2D eigenvalue weighted by Crippen LogP contribution is 2.33. The zero-order valence-corrected chi connectivity index (χ0v) is 17.3. The van der Waals surface area contributed by atoms with Gasteiger partial charge in [-0.25, -0.2) is 0 Å². The standard InChI is InChI=1S/C23H19ClN2O2S/c1-23(21(27)26(22(29)25-23)19-11-9-18(24)10-12-19)17-7-13-20(14-8-17)28-15-16-5-3-2-4-6-16/h2-14H,15H2,1H3,(H,25,29). The van der Waals surface area contributed by atoms with Crippen LogP contribution in [0.25, 0.3) is 0 Å². The molecule has 3 aromatic rings. The number of halogens is 1. The molecule has 1 amide bonds. The van der Waals surface area contributed by atoms with Gasteiger partial charge in [0, 0.05) is 5.02 Å². The predicted octanol–water partition coefficient (Wildman–Crippen LogP) is 5.06. The Morgan fingerprint density at radius 2 is 1.66 bits per heavy atom. The lowest BCUT2D eigenvalue weighted by molar-refractivity contribution is -0.121. The fraction of sp³-hybridized carbons (Fsp3) is 0.130. The molecule has 0 aliphatic carbocycles. The molecule has 0 spiro atoms. The summed E-state index contributed by atoms with van der Waals surface area (Å²) >= 11 is 11.4. The van der Waals surface area contributed by atoms with Gasteiger partial charge in [-0.1, -0.05) is 54.1 Å². The van der Waals surface area contributed by atoms with E-state index in [4.69, 9.17) is 28.6 Å². The molecule has 1 aliphatic heterocycles. The van der Waals surface area contributed by atoms with E-state index in [9.17, 15) is 4.79 Å². The topological polar surface area (TPSA) is 41.6 Å². The number of hydrogen-bond donors (Lipinski definition) is 1. The maximum absolute atomic E-state index is 13.2. The molecule has 4 nitrogen and oxygen atoms in total. The molecule has 1 N–H and O–H groups in total. The van der Waals surface area contributed by atoms with E-state index in [0.29, 0.717) is 22.4 Å². The molecule has 1 fully saturated rings. The van der Waals surface area contributed by atoms with Crippen molar-refractivity contribution in [1.82, 2.24) is 5.32 Å². The highest BCUT2D eigenvalue weighted by Gasteiger charge is 2.47. The highest BCUT2D eigenvalue weighted by atomic mass is 35.5. The van der Waals surface area contributed by atoms with Gasteiger partial charge in [-0.05, 0) is 66.7 Å². The van der Waals surface area contributed by atoms with Gasteiger partial charge >= 0.3 is 0 Å². The van der Waals surface area contributed by atoms with Crippen LogP contribution in [0.2, 0.25) is 5.02 Å². The average molecular weight is 423 g/mol. The van der Waals surface area contributed by atoms with Crippen LogP contribution in [0.15, 0.2) is 78.9 Å². The van der Waals surface area contributed by atoms with E-state index in [1.54, 1.807) is 24.3 Å². The third-order valence-corrected chi connectivity index (χ3v) is 5.49. The van der Waals surface area contributed by atoms with Crippen LogP contribution < -0.4 is 15.0 Å². The van der Waals surface area contributed by atoms with Gasteiger partial charge in [0.2, 0.25) is 0 Å². The van der Waals surface area contributed by atoms with E-state index >= 15 is 0 Å². The molecule has 0 aromatic heterocycles. The Kier molecular flexibility index (Phi) is 5.26. The Hall–Kier alpha value is -2.89. The quantitative estimate of drug-likeness (QED) is 0.584. The lowest BCUT2D eigenvalue weighted by Gasteiger charge is -2.23. The first-order chi connectivity index (χ1) is 14.0. The van der Waals surface area contributed by atoms with Crippen molar-refractivity contribution in [3.63, 3.8) is 0 Å². The molecule has 4 rings (SSSR count). The number of hydrogen-bond acceptors (Lipinski definition) is 3. The number of benzene rings is 3. The number of thiocarbonyl (C=S) groups is 1. The minimum Gasteiger partial charge on any atom is -0.489 e. The second-order valence-electron chi connectivity index (χ2n) is 6.97. The molecule has 3 aromatic carbocycles. The van der Waals surface area contributed by atoms with Crippen molar-refractivity contribution in [3.8, 4) is 5.75 Å². The molecule has 0 saturated carbocycles. The number of carbonyl (C=O) groups is 1. The number of anilines is 1. The van der Waals surface area contributed by atoms with E-state index in [-0.39, 0.29) is 5.91 Å². The van der Waals surface area contributed by atoms with Crippen molar-refractivity contribution >= 4 is 40.5 Å². The van der Waals surface area contributed by atoms with E-state index in [0.717, 1.165) is 16.9 Å². The van der Waals surface area contributed by atoms with Crippen LogP contribution in [0, 0.1) is 0 Å². The second kappa shape index (κ2) is 7.85. The Morgan fingerprint density at radius 1 is 1.00 bits per heavy atom. The van der Waals surface area contributed by atoms with Crippen molar-refractivity contribution < 1.29 is 9.53 Å². The van der Waals surface area contributed by atoms with E-state index in [1.807, 2.05) is 61.5 Å². The van der Waals surface area contributed by atoms with Gasteiger partial charge in [-0.3, -0.25) is 9.69 Å². The summed E-state index contributed by atoms with van der Waals surface area (Å²) in [5, 5.41) is 4.14. The summed E-state index contributed by atoms with van der Waals surface area (Å²) < 4.78 is 5.84. The smallest absolute Gasteiger partial charge is 0.263 e. The summed E-state index contributed by atoms with van der Waals surface area (Å²) in [6.45, 7) is 2.32. The van der Waals surface area contributed by atoms with Crippen molar-refractivity contribution in [2.24, 2.45) is 0 Å². The fourth-order valence-electron chi connectivity index (χ4n) is 3.28. The third kappa shape index (κ3) is 3.84. The van der Waals surface area contributed by atoms with Gasteiger partial charge in [0.1, 0.15) is 17.9 Å². The minimum absolute atomic E-state index is 0.136. The summed E-state index contributed by atoms with van der Waals surface area (Å²) in [6, 6.07) is 24.5. The predicted molar refractivity (Wildman–Crippen MR) is 119 cm³/mol. The van der Waals surface area contributed by atoms with Crippen molar-refractivity contribution in [3.05, 3.63) is 95.0 Å². The molecule has 1 aliphatic rings. The summed E-state index contributed by atoms with van der Waals surface area (Å²) in [4.78, 5) is 14.7. The Balaban J connectivity index is 1.52. The second-order valence-corrected chi connectivity index (χ2v) is 7.79. The average Bonchev–Trinajstić information content (AvgIpc) is 2.97. The molecule has 1 saturated heterocycles. The van der Waals surface area contributed by atoms with Gasteiger partial charge in [-0.15, -0.1) is 0 Å². The highest BCUT2D eigenvalue weighted by molar-refractivity contribution is 7.80. The summed E-state index contributed by atoms with van der Waals surface area (Å²) in [7, 11) is 0. The Morgan fingerprint density at radius 3 is 2.31 bits per heavy atom. The zero-order valence-electron chi connectivity index (χ0n) is 15.8. The molecular formula is C23H19ClN2O2S. The third-order valence-electron chi connectivity index (χ3n) is 4.96. The molecule has 29 heavy (non-hydrogen) atoms. The number of nitrogens with one attached hydrogen (secondary N) is 1. The van der Waals surface area contributed by atoms with E-state index < -0.39 is 5.54 Å². The maximum atomic E-state index is 13.2. The monoisotopic (exact) mass is 422 g/mol. The lowest BCUT2D eigenvalue weighted by Crippen LogP contribution is -2.40. The van der Waals surface area contributed by atoms with Crippen molar-refractivity contribution in [2.75, 3.05) is 4.90 Å². The number of nitrogens with zero attached hydrogens (tertiary/aromatic N) is 1. The Labute approximate surface area is 180 Å². The van der Waals surface area contributed by atoms with E-state index in [2.05, 4.69) is 5.32 Å². The lowest BCUT2D eigenvalue weighted by atomic mass is 9.92. The molecule has 146 valence electrons. The first-order valence-corrected chi connectivity index (χ1v) is 9.95.